The molecule has 0 spiro atoms. The first-order valence-electron chi connectivity index (χ1n) is 6.07. The molecule has 3 N–H and O–H groups in total. The van der Waals surface area contributed by atoms with Gasteiger partial charge >= 0.3 is 7.60 Å². The lowest BCUT2D eigenvalue weighted by Crippen LogP contribution is -2.26. The topological polar surface area (TPSA) is 86.6 Å². The van der Waals surface area contributed by atoms with Gasteiger partial charge in [0.15, 0.2) is 0 Å². The van der Waals surface area contributed by atoms with Crippen LogP contribution >= 0.6 is 29.2 Å². The maximum absolute atomic E-state index is 11.4. The molecule has 0 unspecified atom stereocenters. The van der Waals surface area contributed by atoms with E-state index >= 15 is 0 Å². The Balaban J connectivity index is 1.94. The molecule has 0 aromatic heterocycles. The Bertz CT molecular complexity index is 304. The van der Waals surface area contributed by atoms with Gasteiger partial charge in [-0.2, -0.15) is 0 Å². The molecule has 0 aliphatic carbocycles. The molecule has 0 bridgehead atoms. The van der Waals surface area contributed by atoms with Crippen LogP contribution in [0.2, 0.25) is 0 Å². The second-order valence-electron chi connectivity index (χ2n) is 4.31. The summed E-state index contributed by atoms with van der Waals surface area (Å²) in [6.07, 6.45) is 4.49. The van der Waals surface area contributed by atoms with E-state index in [0.717, 1.165) is 24.5 Å². The summed E-state index contributed by atoms with van der Waals surface area (Å²) >= 11 is 0. The Morgan fingerprint density at radius 3 is 2.78 bits per heavy atom. The number of amides is 1. The summed E-state index contributed by atoms with van der Waals surface area (Å²) in [5.41, 5.74) is 0. The fourth-order valence-electron chi connectivity index (χ4n) is 1.65. The van der Waals surface area contributed by atoms with Crippen molar-refractivity contribution < 1.29 is 19.1 Å². The van der Waals surface area contributed by atoms with Crippen LogP contribution < -0.4 is 5.32 Å². The van der Waals surface area contributed by atoms with Crippen LogP contribution in [0.5, 0.6) is 0 Å². The van der Waals surface area contributed by atoms with Crippen molar-refractivity contribution in [2.24, 2.45) is 0 Å². The van der Waals surface area contributed by atoms with Gasteiger partial charge in [-0.1, -0.05) is 28.0 Å². The van der Waals surface area contributed by atoms with Crippen molar-refractivity contribution in [2.45, 2.75) is 37.4 Å². The molecule has 1 aliphatic heterocycles. The fourth-order valence-corrected chi connectivity index (χ4v) is 5.08. The van der Waals surface area contributed by atoms with Gasteiger partial charge in [-0.3, -0.25) is 9.36 Å². The third-order valence-electron chi connectivity index (χ3n) is 2.63. The zero-order valence-corrected chi connectivity index (χ0v) is 12.7. The maximum atomic E-state index is 11.4. The molecule has 0 saturated carbocycles. The number of hydrogen-bond donors (Lipinski definition) is 3. The molecule has 1 saturated heterocycles. The lowest BCUT2D eigenvalue weighted by Gasteiger charge is -2.08. The highest BCUT2D eigenvalue weighted by Gasteiger charge is 2.16. The van der Waals surface area contributed by atoms with Gasteiger partial charge in [0, 0.05) is 24.0 Å². The summed E-state index contributed by atoms with van der Waals surface area (Å²) in [7, 11) is -0.117. The first-order valence-corrected chi connectivity index (χ1v) is 10.2. The first kappa shape index (κ1) is 16.4. The van der Waals surface area contributed by atoms with Gasteiger partial charge in [-0.25, -0.2) is 0 Å². The summed E-state index contributed by atoms with van der Waals surface area (Å²) in [6.45, 7) is 0.0538. The van der Waals surface area contributed by atoms with E-state index in [-0.39, 0.29) is 18.6 Å². The zero-order chi connectivity index (χ0) is 13.4. The highest BCUT2D eigenvalue weighted by atomic mass is 33.1. The summed E-state index contributed by atoms with van der Waals surface area (Å²) in [5, 5.41) is 3.27. The fraction of sp³-hybridized carbons (Fsp3) is 0.900. The molecule has 1 heterocycles. The molecule has 0 radical (unpaired) electrons. The molecule has 1 amide bonds. The van der Waals surface area contributed by atoms with Crippen LogP contribution in [0.1, 0.15) is 32.1 Å². The van der Waals surface area contributed by atoms with Gasteiger partial charge in [-0.15, -0.1) is 0 Å². The van der Waals surface area contributed by atoms with E-state index in [4.69, 9.17) is 9.79 Å². The van der Waals surface area contributed by atoms with Crippen LogP contribution in [-0.4, -0.2) is 39.4 Å². The van der Waals surface area contributed by atoms with Crippen LogP contribution in [-0.2, 0) is 9.36 Å². The minimum atomic E-state index is -3.99. The molecule has 1 atom stereocenters. The molecular weight excluding hydrogens is 293 g/mol. The van der Waals surface area contributed by atoms with Gasteiger partial charge in [0.1, 0.15) is 0 Å². The number of nitrogens with one attached hydrogen (secondary N) is 1. The lowest BCUT2D eigenvalue weighted by molar-refractivity contribution is -0.121. The van der Waals surface area contributed by atoms with Gasteiger partial charge in [-0.05, 0) is 19.3 Å². The average molecular weight is 313 g/mol. The minimum Gasteiger partial charge on any atom is -0.355 e. The van der Waals surface area contributed by atoms with Crippen LogP contribution in [0.25, 0.3) is 0 Å². The molecule has 18 heavy (non-hydrogen) atoms. The predicted octanol–water partition coefficient (Wildman–Crippen LogP) is 1.99. The highest BCUT2D eigenvalue weighted by Crippen LogP contribution is 2.39. The molecule has 1 rings (SSSR count). The third-order valence-corrected chi connectivity index (χ3v) is 6.45. The highest BCUT2D eigenvalue weighted by molar-refractivity contribution is 8.77. The quantitative estimate of drug-likeness (QED) is 0.361. The average Bonchev–Trinajstić information content (AvgIpc) is 2.75. The number of rotatable bonds is 8. The smallest absolute Gasteiger partial charge is 0.327 e. The van der Waals surface area contributed by atoms with E-state index in [9.17, 15) is 9.36 Å². The second-order valence-corrected chi connectivity index (χ2v) is 8.88. The number of carbonyl (C=O) groups excluding carboxylic acids is 1. The molecule has 1 aliphatic rings. The Morgan fingerprint density at radius 2 is 2.17 bits per heavy atom. The third kappa shape index (κ3) is 8.43. The second kappa shape index (κ2) is 8.48. The summed E-state index contributed by atoms with van der Waals surface area (Å²) in [6, 6.07) is 0. The molecular formula is C10H20NO4PS2. The van der Waals surface area contributed by atoms with E-state index in [0.29, 0.717) is 6.42 Å². The van der Waals surface area contributed by atoms with Crippen molar-refractivity contribution in [1.82, 2.24) is 5.32 Å². The largest absolute Gasteiger partial charge is 0.355 e. The van der Waals surface area contributed by atoms with Crippen molar-refractivity contribution in [1.29, 1.82) is 0 Å². The van der Waals surface area contributed by atoms with Gasteiger partial charge < -0.3 is 15.1 Å². The van der Waals surface area contributed by atoms with Crippen molar-refractivity contribution >= 4 is 35.1 Å². The number of carbonyl (C=O) groups is 1. The Labute approximate surface area is 115 Å². The van der Waals surface area contributed by atoms with E-state index in [1.165, 1.54) is 12.2 Å². The number of unbranched alkanes of at least 4 members (excludes halogenated alkanes) is 1. The summed E-state index contributed by atoms with van der Waals surface area (Å²) in [5.74, 6) is 1.12. The summed E-state index contributed by atoms with van der Waals surface area (Å²) in [4.78, 5) is 28.6. The predicted molar refractivity (Wildman–Crippen MR) is 76.8 cm³/mol. The normalized spacial score (nSPS) is 20.0. The van der Waals surface area contributed by atoms with Crippen molar-refractivity contribution in [3.63, 3.8) is 0 Å². The SMILES string of the molecule is O=C(CCCC[C@@H]1CCSS1)NCCP(=O)(O)O. The zero-order valence-electron chi connectivity index (χ0n) is 10.2. The minimum absolute atomic E-state index is 0.0538. The Hall–Kier alpha value is 0.320. The van der Waals surface area contributed by atoms with Gasteiger partial charge in [0.05, 0.1) is 6.16 Å². The van der Waals surface area contributed by atoms with Crippen molar-refractivity contribution in [3.05, 3.63) is 0 Å². The van der Waals surface area contributed by atoms with E-state index in [1.807, 2.05) is 21.6 Å². The Kier molecular flexibility index (Phi) is 7.72. The van der Waals surface area contributed by atoms with Crippen LogP contribution in [0, 0.1) is 0 Å². The lowest BCUT2D eigenvalue weighted by atomic mass is 10.1. The van der Waals surface area contributed by atoms with E-state index in [1.54, 1.807) is 0 Å². The molecule has 0 aromatic carbocycles. The summed E-state index contributed by atoms with van der Waals surface area (Å²) < 4.78 is 10.6. The van der Waals surface area contributed by atoms with Crippen LogP contribution in [0.3, 0.4) is 0 Å². The molecule has 8 heteroatoms. The van der Waals surface area contributed by atoms with Gasteiger partial charge in [0.2, 0.25) is 5.91 Å². The van der Waals surface area contributed by atoms with Crippen molar-refractivity contribution in [2.75, 3.05) is 18.5 Å². The van der Waals surface area contributed by atoms with Gasteiger partial charge in [0.25, 0.3) is 0 Å². The first-order chi connectivity index (χ1) is 8.47. The van der Waals surface area contributed by atoms with Crippen LogP contribution in [0.15, 0.2) is 0 Å². The standard InChI is InChI=1S/C10H20NO4PS2/c12-10(11-6-7-16(13,14)15)4-2-1-3-9-5-8-17-18-9/h9H,1-8H2,(H,11,12)(H2,13,14,15)/t9-/m1/s1. The maximum Gasteiger partial charge on any atom is 0.327 e. The van der Waals surface area contributed by atoms with Crippen LogP contribution in [0.4, 0.5) is 0 Å². The molecule has 1 fully saturated rings. The van der Waals surface area contributed by atoms with Crippen molar-refractivity contribution in [3.8, 4) is 0 Å². The Morgan fingerprint density at radius 1 is 1.39 bits per heavy atom. The molecule has 5 nitrogen and oxygen atoms in total. The molecule has 106 valence electrons. The monoisotopic (exact) mass is 313 g/mol. The molecule has 0 aromatic rings. The van der Waals surface area contributed by atoms with E-state index < -0.39 is 7.60 Å². The number of hydrogen-bond acceptors (Lipinski definition) is 4. The van der Waals surface area contributed by atoms with E-state index in [2.05, 4.69) is 5.32 Å².